The van der Waals surface area contributed by atoms with Crippen molar-refractivity contribution in [2.45, 2.75) is 0 Å². The van der Waals surface area contributed by atoms with E-state index in [1.807, 2.05) is 0 Å². The summed E-state index contributed by atoms with van der Waals surface area (Å²) in [6.45, 7) is 0. The van der Waals surface area contributed by atoms with Gasteiger partial charge in [-0.1, -0.05) is 34.8 Å². The predicted molar refractivity (Wildman–Crippen MR) is 80.2 cm³/mol. The number of nitrogens with one attached hydrogen (secondary N) is 1. The third-order valence-corrected chi connectivity index (χ3v) is 3.40. The van der Waals surface area contributed by atoms with Crippen molar-refractivity contribution in [2.75, 3.05) is 11.1 Å². The molecule has 0 aromatic heterocycles. The molecule has 0 fully saturated rings. The molecule has 3 N–H and O–H groups in total. The molecular weight excluding hydrogens is 345 g/mol. The molecule has 110 valence electrons. The van der Waals surface area contributed by atoms with Gasteiger partial charge >= 0.3 is 0 Å². The standard InChI is InChI=1S/C13H7Cl3F2N2O/c14-5-1-7(15)12(8(16)2-5)20-13(21)6-3-9(17)10(18)4-11(6)19/h1-4H,19H2,(H,20,21). The number of rotatable bonds is 2. The first-order valence-electron chi connectivity index (χ1n) is 5.50. The summed E-state index contributed by atoms with van der Waals surface area (Å²) in [6, 6.07) is 4.16. The fourth-order valence-electron chi connectivity index (χ4n) is 1.60. The minimum absolute atomic E-state index is 0.0943. The van der Waals surface area contributed by atoms with Crippen molar-refractivity contribution in [1.82, 2.24) is 0 Å². The topological polar surface area (TPSA) is 55.1 Å². The molecule has 8 heteroatoms. The molecule has 1 amide bonds. The van der Waals surface area contributed by atoms with Crippen LogP contribution in [0.2, 0.25) is 15.1 Å². The normalized spacial score (nSPS) is 10.5. The molecule has 2 rings (SSSR count). The summed E-state index contributed by atoms with van der Waals surface area (Å²) in [6.07, 6.45) is 0. The summed E-state index contributed by atoms with van der Waals surface area (Å²) in [5.74, 6) is -3.12. The number of nitrogens with two attached hydrogens (primary N) is 1. The monoisotopic (exact) mass is 350 g/mol. The zero-order chi connectivity index (χ0) is 15.7. The number of hydrogen-bond donors (Lipinski definition) is 2. The van der Waals surface area contributed by atoms with Crippen LogP contribution >= 0.6 is 34.8 Å². The number of carbonyl (C=O) groups is 1. The second kappa shape index (κ2) is 6.05. The highest BCUT2D eigenvalue weighted by Crippen LogP contribution is 2.34. The Hall–Kier alpha value is -1.56. The fraction of sp³-hybridized carbons (Fsp3) is 0. The molecule has 0 aliphatic heterocycles. The van der Waals surface area contributed by atoms with Gasteiger partial charge in [-0.15, -0.1) is 0 Å². The van der Waals surface area contributed by atoms with Crippen molar-refractivity contribution in [1.29, 1.82) is 0 Å². The molecule has 0 bridgehead atoms. The average Bonchev–Trinajstić information content (AvgIpc) is 2.37. The number of amides is 1. The maximum atomic E-state index is 13.2. The lowest BCUT2D eigenvalue weighted by atomic mass is 10.1. The zero-order valence-electron chi connectivity index (χ0n) is 10.2. The van der Waals surface area contributed by atoms with Gasteiger partial charge in [-0.05, 0) is 18.2 Å². The van der Waals surface area contributed by atoms with Gasteiger partial charge in [-0.3, -0.25) is 4.79 Å². The summed E-state index contributed by atoms with van der Waals surface area (Å²) in [7, 11) is 0. The Balaban J connectivity index is 2.37. The molecule has 0 saturated carbocycles. The molecule has 0 atom stereocenters. The first-order chi connectivity index (χ1) is 9.79. The van der Waals surface area contributed by atoms with E-state index in [0.29, 0.717) is 6.07 Å². The van der Waals surface area contributed by atoms with E-state index in [0.717, 1.165) is 6.07 Å². The van der Waals surface area contributed by atoms with Gasteiger partial charge in [0.25, 0.3) is 5.91 Å². The molecule has 2 aromatic carbocycles. The highest BCUT2D eigenvalue weighted by atomic mass is 35.5. The van der Waals surface area contributed by atoms with E-state index in [2.05, 4.69) is 5.32 Å². The van der Waals surface area contributed by atoms with Crippen LogP contribution in [-0.2, 0) is 0 Å². The van der Waals surface area contributed by atoms with Crippen molar-refractivity contribution < 1.29 is 13.6 Å². The van der Waals surface area contributed by atoms with Crippen LogP contribution in [-0.4, -0.2) is 5.91 Å². The van der Waals surface area contributed by atoms with Gasteiger partial charge in [0.1, 0.15) is 0 Å². The lowest BCUT2D eigenvalue weighted by Gasteiger charge is -2.11. The largest absolute Gasteiger partial charge is 0.398 e. The predicted octanol–water partition coefficient (Wildman–Crippen LogP) is 4.76. The maximum Gasteiger partial charge on any atom is 0.257 e. The SMILES string of the molecule is Nc1cc(F)c(F)cc1C(=O)Nc1c(Cl)cc(Cl)cc1Cl. The summed E-state index contributed by atoms with van der Waals surface area (Å²) < 4.78 is 26.2. The molecule has 0 aliphatic carbocycles. The van der Waals surface area contributed by atoms with Crippen LogP contribution < -0.4 is 11.1 Å². The molecular formula is C13H7Cl3F2N2O. The lowest BCUT2D eigenvalue weighted by molar-refractivity contribution is 0.102. The van der Waals surface area contributed by atoms with Crippen LogP contribution in [0.15, 0.2) is 24.3 Å². The number of carbonyl (C=O) groups excluding carboxylic acids is 1. The van der Waals surface area contributed by atoms with Gasteiger partial charge in [-0.25, -0.2) is 8.78 Å². The van der Waals surface area contributed by atoms with Crippen LogP contribution in [0.4, 0.5) is 20.2 Å². The maximum absolute atomic E-state index is 13.2. The molecule has 21 heavy (non-hydrogen) atoms. The summed E-state index contributed by atoms with van der Waals surface area (Å²) in [5.41, 5.74) is 5.13. The number of hydrogen-bond acceptors (Lipinski definition) is 2. The molecule has 0 heterocycles. The van der Waals surface area contributed by atoms with Gasteiger partial charge in [-0.2, -0.15) is 0 Å². The Bertz CT molecular complexity index is 715. The van der Waals surface area contributed by atoms with Crippen LogP contribution in [0.1, 0.15) is 10.4 Å². The molecule has 2 aromatic rings. The van der Waals surface area contributed by atoms with E-state index in [9.17, 15) is 13.6 Å². The summed E-state index contributed by atoms with van der Waals surface area (Å²) in [4.78, 5) is 12.1. The van der Waals surface area contributed by atoms with Gasteiger partial charge in [0.05, 0.1) is 21.3 Å². The second-order valence-corrected chi connectivity index (χ2v) is 5.30. The van der Waals surface area contributed by atoms with E-state index in [1.54, 1.807) is 0 Å². The van der Waals surface area contributed by atoms with E-state index < -0.39 is 17.5 Å². The van der Waals surface area contributed by atoms with Crippen LogP contribution in [0.5, 0.6) is 0 Å². The molecule has 0 saturated heterocycles. The smallest absolute Gasteiger partial charge is 0.257 e. The van der Waals surface area contributed by atoms with Crippen molar-refractivity contribution in [3.8, 4) is 0 Å². The highest BCUT2D eigenvalue weighted by Gasteiger charge is 2.17. The van der Waals surface area contributed by atoms with E-state index >= 15 is 0 Å². The quantitative estimate of drug-likeness (QED) is 0.767. The van der Waals surface area contributed by atoms with Crippen LogP contribution in [0.25, 0.3) is 0 Å². The molecule has 0 aliphatic rings. The van der Waals surface area contributed by atoms with Crippen LogP contribution in [0, 0.1) is 11.6 Å². The van der Waals surface area contributed by atoms with Gasteiger partial charge in [0.15, 0.2) is 11.6 Å². The Morgan fingerprint density at radius 3 is 2.10 bits per heavy atom. The van der Waals surface area contributed by atoms with Crippen molar-refractivity contribution in [3.63, 3.8) is 0 Å². The molecule has 0 spiro atoms. The third kappa shape index (κ3) is 3.37. The summed E-state index contributed by atoms with van der Waals surface area (Å²) in [5, 5.41) is 2.86. The fourth-order valence-corrected chi connectivity index (χ4v) is 2.51. The molecule has 0 radical (unpaired) electrons. The average molecular weight is 352 g/mol. The molecule has 3 nitrogen and oxygen atoms in total. The minimum Gasteiger partial charge on any atom is -0.398 e. The van der Waals surface area contributed by atoms with E-state index in [-0.39, 0.29) is 32.0 Å². The van der Waals surface area contributed by atoms with Gasteiger partial charge in [0, 0.05) is 16.8 Å². The highest BCUT2D eigenvalue weighted by molar-refractivity contribution is 6.42. The Morgan fingerprint density at radius 1 is 1.00 bits per heavy atom. The lowest BCUT2D eigenvalue weighted by Crippen LogP contribution is -2.15. The van der Waals surface area contributed by atoms with Gasteiger partial charge in [0.2, 0.25) is 0 Å². The van der Waals surface area contributed by atoms with Crippen molar-refractivity contribution >= 4 is 52.1 Å². The minimum atomic E-state index is -1.19. The second-order valence-electron chi connectivity index (χ2n) is 4.05. The first kappa shape index (κ1) is 15.8. The number of anilines is 2. The third-order valence-electron chi connectivity index (χ3n) is 2.58. The first-order valence-corrected chi connectivity index (χ1v) is 6.63. The summed E-state index contributed by atoms with van der Waals surface area (Å²) >= 11 is 17.6. The van der Waals surface area contributed by atoms with E-state index in [4.69, 9.17) is 40.5 Å². The van der Waals surface area contributed by atoms with Crippen LogP contribution in [0.3, 0.4) is 0 Å². The Morgan fingerprint density at radius 2 is 1.52 bits per heavy atom. The number of benzene rings is 2. The van der Waals surface area contributed by atoms with Gasteiger partial charge < -0.3 is 11.1 Å². The number of nitrogen functional groups attached to an aromatic ring is 1. The Labute approximate surface area is 133 Å². The number of halogens is 5. The van der Waals surface area contributed by atoms with Crippen molar-refractivity contribution in [2.24, 2.45) is 0 Å². The molecule has 0 unspecified atom stereocenters. The van der Waals surface area contributed by atoms with E-state index in [1.165, 1.54) is 12.1 Å². The van der Waals surface area contributed by atoms with Crippen molar-refractivity contribution in [3.05, 3.63) is 56.5 Å². The Kier molecular flexibility index (Phi) is 4.56. The zero-order valence-corrected chi connectivity index (χ0v) is 12.5.